The van der Waals surface area contributed by atoms with E-state index in [1.165, 1.54) is 11.3 Å². The van der Waals surface area contributed by atoms with Gasteiger partial charge < -0.3 is 14.9 Å². The van der Waals surface area contributed by atoms with Crippen LogP contribution in [0.15, 0.2) is 41.8 Å². The van der Waals surface area contributed by atoms with Crippen molar-refractivity contribution in [3.8, 4) is 11.5 Å². The first-order valence-electron chi connectivity index (χ1n) is 7.72. The molecule has 0 fully saturated rings. The van der Waals surface area contributed by atoms with Crippen LogP contribution in [0.3, 0.4) is 0 Å². The third kappa shape index (κ3) is 3.26. The van der Waals surface area contributed by atoms with Crippen molar-refractivity contribution >= 4 is 61.1 Å². The predicted molar refractivity (Wildman–Crippen MR) is 105 cm³/mol. The molecule has 5 nitrogen and oxygen atoms in total. The number of rotatable bonds is 5. The van der Waals surface area contributed by atoms with Gasteiger partial charge in [0.1, 0.15) is 16.5 Å². The summed E-state index contributed by atoms with van der Waals surface area (Å²) >= 11 is 3.09. The van der Waals surface area contributed by atoms with Crippen LogP contribution in [0.25, 0.3) is 32.5 Å². The molecule has 0 aliphatic carbocycles. The average molecular weight is 383 g/mol. The summed E-state index contributed by atoms with van der Waals surface area (Å²) in [6.45, 7) is -0.356. The standard InChI is InChI=1S/C19H13NO4S2/c21-14-9-15-18(19-13(14)7-8-25-19)20-16(26-15)6-3-11-1-4-12(5-2-11)24-10-17(22)23/h1-9,21H,10H2,(H,22,23)/b6-3+. The fourth-order valence-corrected chi connectivity index (χ4v) is 4.45. The van der Waals surface area contributed by atoms with Crippen molar-refractivity contribution in [2.75, 3.05) is 6.61 Å². The molecule has 0 atom stereocenters. The first-order chi connectivity index (χ1) is 12.6. The van der Waals surface area contributed by atoms with Gasteiger partial charge in [-0.1, -0.05) is 18.2 Å². The minimum absolute atomic E-state index is 0.282. The lowest BCUT2D eigenvalue weighted by Gasteiger charge is -2.02. The topological polar surface area (TPSA) is 79.7 Å². The Morgan fingerprint density at radius 1 is 1.19 bits per heavy atom. The second-order valence-electron chi connectivity index (χ2n) is 5.54. The van der Waals surface area contributed by atoms with Crippen LogP contribution in [-0.4, -0.2) is 27.8 Å². The van der Waals surface area contributed by atoms with Gasteiger partial charge in [-0.15, -0.1) is 22.7 Å². The van der Waals surface area contributed by atoms with Gasteiger partial charge in [0.05, 0.1) is 14.9 Å². The van der Waals surface area contributed by atoms with E-state index in [1.807, 2.05) is 35.7 Å². The third-order valence-electron chi connectivity index (χ3n) is 3.75. The number of hydrogen-bond acceptors (Lipinski definition) is 6. The summed E-state index contributed by atoms with van der Waals surface area (Å²) in [6.07, 6.45) is 3.86. The molecule has 2 aromatic carbocycles. The van der Waals surface area contributed by atoms with E-state index in [-0.39, 0.29) is 12.4 Å². The fourth-order valence-electron chi connectivity index (χ4n) is 2.56. The maximum Gasteiger partial charge on any atom is 0.341 e. The molecule has 0 radical (unpaired) electrons. The molecule has 0 unspecified atom stereocenters. The molecular formula is C19H13NO4S2. The van der Waals surface area contributed by atoms with Crippen LogP contribution in [0.5, 0.6) is 11.5 Å². The van der Waals surface area contributed by atoms with Gasteiger partial charge in [0.15, 0.2) is 6.61 Å². The number of thiazole rings is 1. The number of carboxylic acid groups (broad SMARTS) is 1. The Morgan fingerprint density at radius 3 is 2.77 bits per heavy atom. The molecule has 4 aromatic rings. The number of phenols is 1. The van der Waals surface area contributed by atoms with E-state index >= 15 is 0 Å². The molecule has 0 saturated heterocycles. The Bertz CT molecular complexity index is 1130. The molecule has 4 rings (SSSR count). The Kier molecular flexibility index (Phi) is 4.32. The molecule has 0 saturated carbocycles. The average Bonchev–Trinajstić information content (AvgIpc) is 3.26. The molecule has 0 spiro atoms. The monoisotopic (exact) mass is 383 g/mol. The molecule has 0 aliphatic rings. The number of aromatic nitrogens is 1. The van der Waals surface area contributed by atoms with Gasteiger partial charge in [-0.3, -0.25) is 0 Å². The number of phenolic OH excluding ortho intramolecular Hbond substituents is 1. The van der Waals surface area contributed by atoms with E-state index in [1.54, 1.807) is 29.5 Å². The quantitative estimate of drug-likeness (QED) is 0.515. The van der Waals surface area contributed by atoms with E-state index in [0.29, 0.717) is 5.75 Å². The highest BCUT2D eigenvalue weighted by Gasteiger charge is 2.11. The van der Waals surface area contributed by atoms with E-state index in [4.69, 9.17) is 9.84 Å². The number of ether oxygens (including phenoxy) is 1. The second kappa shape index (κ2) is 6.78. The number of carbonyl (C=O) groups is 1. The first-order valence-corrected chi connectivity index (χ1v) is 9.42. The maximum absolute atomic E-state index is 10.5. The van der Waals surface area contributed by atoms with Crippen LogP contribution < -0.4 is 4.74 Å². The number of fused-ring (bicyclic) bond motifs is 3. The van der Waals surface area contributed by atoms with Gasteiger partial charge in [0.25, 0.3) is 0 Å². The molecule has 26 heavy (non-hydrogen) atoms. The number of aliphatic carboxylic acids is 1. The minimum Gasteiger partial charge on any atom is -0.507 e. The zero-order valence-corrected chi connectivity index (χ0v) is 15.0. The van der Waals surface area contributed by atoms with E-state index in [2.05, 4.69) is 4.98 Å². The zero-order valence-electron chi connectivity index (χ0n) is 13.4. The summed E-state index contributed by atoms with van der Waals surface area (Å²) < 4.78 is 7.06. The summed E-state index contributed by atoms with van der Waals surface area (Å²) in [5, 5.41) is 22.3. The van der Waals surface area contributed by atoms with Crippen LogP contribution in [0.2, 0.25) is 0 Å². The van der Waals surface area contributed by atoms with Crippen LogP contribution in [0, 0.1) is 0 Å². The van der Waals surface area contributed by atoms with Crippen LogP contribution in [0.1, 0.15) is 10.6 Å². The van der Waals surface area contributed by atoms with Crippen molar-refractivity contribution < 1.29 is 19.7 Å². The van der Waals surface area contributed by atoms with Crippen molar-refractivity contribution in [1.82, 2.24) is 4.98 Å². The fraction of sp³-hybridized carbons (Fsp3) is 0.0526. The molecule has 2 heterocycles. The Hall–Kier alpha value is -2.90. The first kappa shape index (κ1) is 16.6. The van der Waals surface area contributed by atoms with Crippen LogP contribution in [0.4, 0.5) is 0 Å². The smallest absolute Gasteiger partial charge is 0.341 e. The van der Waals surface area contributed by atoms with Crippen molar-refractivity contribution in [2.45, 2.75) is 0 Å². The van der Waals surface area contributed by atoms with Crippen molar-refractivity contribution in [3.05, 3.63) is 52.3 Å². The van der Waals surface area contributed by atoms with Gasteiger partial charge in [0.2, 0.25) is 0 Å². The van der Waals surface area contributed by atoms with Crippen molar-refractivity contribution in [1.29, 1.82) is 0 Å². The number of hydrogen-bond donors (Lipinski definition) is 2. The Morgan fingerprint density at radius 2 is 2.00 bits per heavy atom. The van der Waals surface area contributed by atoms with Crippen LogP contribution in [-0.2, 0) is 4.79 Å². The van der Waals surface area contributed by atoms with Gasteiger partial charge in [-0.25, -0.2) is 9.78 Å². The maximum atomic E-state index is 10.5. The Labute approximate surface area is 156 Å². The zero-order chi connectivity index (χ0) is 18.1. The van der Waals surface area contributed by atoms with Crippen molar-refractivity contribution in [3.63, 3.8) is 0 Å². The van der Waals surface area contributed by atoms with Gasteiger partial charge in [0, 0.05) is 11.5 Å². The molecule has 2 N–H and O–H groups in total. The summed E-state index contributed by atoms with van der Waals surface area (Å²) in [5.74, 6) is -0.208. The number of aromatic hydroxyl groups is 1. The predicted octanol–water partition coefficient (Wildman–Crippen LogP) is 4.85. The molecule has 7 heteroatoms. The number of thiophene rings is 1. The number of carboxylic acids is 1. The van der Waals surface area contributed by atoms with Gasteiger partial charge in [-0.05, 0) is 35.2 Å². The lowest BCUT2D eigenvalue weighted by Crippen LogP contribution is -2.09. The van der Waals surface area contributed by atoms with E-state index in [0.717, 1.165) is 30.9 Å². The summed E-state index contributed by atoms with van der Waals surface area (Å²) in [7, 11) is 0. The molecule has 0 aliphatic heterocycles. The molecule has 2 aromatic heterocycles. The number of benzene rings is 2. The van der Waals surface area contributed by atoms with E-state index < -0.39 is 5.97 Å². The summed E-state index contributed by atoms with van der Waals surface area (Å²) in [5.41, 5.74) is 1.87. The summed E-state index contributed by atoms with van der Waals surface area (Å²) in [4.78, 5) is 15.2. The SMILES string of the molecule is O=C(O)COc1ccc(/C=C/c2nc3c(cc(O)c4ccsc43)s2)cc1. The Balaban J connectivity index is 1.57. The lowest BCUT2D eigenvalue weighted by atomic mass is 10.2. The minimum atomic E-state index is -1.00. The highest BCUT2D eigenvalue weighted by molar-refractivity contribution is 7.22. The van der Waals surface area contributed by atoms with Crippen LogP contribution >= 0.6 is 22.7 Å². The van der Waals surface area contributed by atoms with Gasteiger partial charge in [-0.2, -0.15) is 0 Å². The van der Waals surface area contributed by atoms with Gasteiger partial charge >= 0.3 is 5.97 Å². The highest BCUT2D eigenvalue weighted by Crippen LogP contribution is 2.38. The largest absolute Gasteiger partial charge is 0.507 e. The number of nitrogens with zero attached hydrogens (tertiary/aromatic N) is 1. The van der Waals surface area contributed by atoms with Crippen molar-refractivity contribution in [2.24, 2.45) is 0 Å². The molecule has 130 valence electrons. The third-order valence-corrected chi connectivity index (χ3v) is 5.64. The summed E-state index contributed by atoms with van der Waals surface area (Å²) in [6, 6.07) is 10.8. The molecule has 0 amide bonds. The normalized spacial score (nSPS) is 11.5. The van der Waals surface area contributed by atoms with E-state index in [9.17, 15) is 9.90 Å². The second-order valence-corrected chi connectivity index (χ2v) is 7.52. The molecular weight excluding hydrogens is 370 g/mol. The molecule has 0 bridgehead atoms. The highest BCUT2D eigenvalue weighted by atomic mass is 32.1. The lowest BCUT2D eigenvalue weighted by molar-refractivity contribution is -0.139.